The minimum atomic E-state index is 0.795. The van der Waals surface area contributed by atoms with Crippen molar-refractivity contribution < 1.29 is 0 Å². The molecule has 0 amide bonds. The largest absolute Gasteiger partial charge is 0.309 e. The molecule has 10 aromatic carbocycles. The second kappa shape index (κ2) is 16.6. The average Bonchev–Trinajstić information content (AvgIpc) is 4.12. The maximum atomic E-state index is 5.69. The molecule has 0 radical (unpaired) electrons. The first kappa shape index (κ1) is 40.5. The average molecular weight is 906 g/mol. The van der Waals surface area contributed by atoms with E-state index >= 15 is 0 Å². The number of imidazole rings is 1. The highest BCUT2D eigenvalue weighted by Crippen LogP contribution is 2.43. The predicted octanol–water partition coefficient (Wildman–Crippen LogP) is 16.9. The Kier molecular flexibility index (Phi) is 9.46. The van der Waals surface area contributed by atoms with Gasteiger partial charge < -0.3 is 9.13 Å². The summed E-state index contributed by atoms with van der Waals surface area (Å²) in [5.74, 6) is 0.815. The molecule has 0 saturated carbocycles. The molecule has 0 saturated heterocycles. The highest BCUT2D eigenvalue weighted by atomic mass is 15.1. The van der Waals surface area contributed by atoms with Crippen molar-refractivity contribution in [2.24, 2.45) is 0 Å². The van der Waals surface area contributed by atoms with E-state index in [1.54, 1.807) is 0 Å². The van der Waals surface area contributed by atoms with Gasteiger partial charge in [0, 0.05) is 55.9 Å². The van der Waals surface area contributed by atoms with Gasteiger partial charge in [0.25, 0.3) is 0 Å². The third-order valence-electron chi connectivity index (χ3n) is 14.1. The summed E-state index contributed by atoms with van der Waals surface area (Å²) in [6, 6.07) is 91.5. The van der Waals surface area contributed by atoms with E-state index < -0.39 is 0 Å². The zero-order valence-corrected chi connectivity index (χ0v) is 38.6. The van der Waals surface area contributed by atoms with Crippen LogP contribution in [0.1, 0.15) is 0 Å². The fraction of sp³-hybridized carbons (Fsp3) is 0. The quantitative estimate of drug-likeness (QED) is 0.152. The fourth-order valence-corrected chi connectivity index (χ4v) is 10.9. The van der Waals surface area contributed by atoms with Crippen LogP contribution < -0.4 is 0 Å². The van der Waals surface area contributed by atoms with Crippen LogP contribution in [-0.2, 0) is 0 Å². The smallest absolute Gasteiger partial charge is 0.165 e. The summed E-state index contributed by atoms with van der Waals surface area (Å²) in [6.45, 7) is 0. The molecule has 14 rings (SSSR count). The second-order valence-electron chi connectivity index (χ2n) is 18.2. The topological polar surface area (TPSA) is 40.6 Å². The summed E-state index contributed by atoms with van der Waals surface area (Å²) in [4.78, 5) is 10.8. The molecular formula is C66H43N5. The zero-order chi connectivity index (χ0) is 46.8. The molecule has 0 unspecified atom stereocenters. The number of aromatic nitrogens is 5. The monoisotopic (exact) mass is 905 g/mol. The predicted molar refractivity (Wildman–Crippen MR) is 295 cm³/mol. The summed E-state index contributed by atoms with van der Waals surface area (Å²) < 4.78 is 6.99. The van der Waals surface area contributed by atoms with Crippen LogP contribution in [0.2, 0.25) is 0 Å². The molecule has 0 aliphatic rings. The van der Waals surface area contributed by atoms with Crippen LogP contribution in [0, 0.1) is 0 Å². The lowest BCUT2D eigenvalue weighted by atomic mass is 9.94. The Hall–Kier alpha value is -9.58. The van der Waals surface area contributed by atoms with E-state index in [4.69, 9.17) is 9.97 Å². The Morgan fingerprint density at radius 2 is 0.704 bits per heavy atom. The number of rotatable bonds is 8. The Labute approximate surface area is 410 Å². The molecular weight excluding hydrogens is 863 g/mol. The lowest BCUT2D eigenvalue weighted by molar-refractivity contribution is 1.08. The number of benzene rings is 10. The van der Waals surface area contributed by atoms with Gasteiger partial charge in [0.2, 0.25) is 0 Å². The lowest BCUT2D eigenvalue weighted by Gasteiger charge is -2.14. The molecule has 0 N–H and O–H groups in total. The van der Waals surface area contributed by atoms with Crippen LogP contribution in [0.25, 0.3) is 128 Å². The highest BCUT2D eigenvalue weighted by molar-refractivity contribution is 6.12. The minimum Gasteiger partial charge on any atom is -0.309 e. The van der Waals surface area contributed by atoms with E-state index in [0.717, 1.165) is 95.2 Å². The maximum Gasteiger partial charge on any atom is 0.165 e. The molecule has 5 heteroatoms. The van der Waals surface area contributed by atoms with Gasteiger partial charge in [-0.2, -0.15) is 0 Å². The molecule has 4 aromatic heterocycles. The minimum absolute atomic E-state index is 0.795. The van der Waals surface area contributed by atoms with Crippen molar-refractivity contribution in [2.75, 3.05) is 0 Å². The van der Waals surface area contributed by atoms with E-state index in [2.05, 4.69) is 268 Å². The van der Waals surface area contributed by atoms with E-state index in [9.17, 15) is 0 Å². The first-order valence-corrected chi connectivity index (χ1v) is 24.1. The van der Waals surface area contributed by atoms with Crippen molar-refractivity contribution >= 4 is 54.8 Å². The van der Waals surface area contributed by atoms with E-state index in [0.29, 0.717) is 0 Å². The van der Waals surface area contributed by atoms with Crippen molar-refractivity contribution in [1.82, 2.24) is 23.7 Å². The normalized spacial score (nSPS) is 11.7. The molecule has 0 atom stereocenters. The Morgan fingerprint density at radius 3 is 1.25 bits per heavy atom. The Bertz CT molecular complexity index is 4140. The SMILES string of the molecule is c1ccc(-c2ccccc2-c2ccnc3c2nc(-c2cc(-c4ccc5c(c4)c4ccccc4n5-c4ccccc4)cc(-c4ccc5c(c4)c4ccccc4n5-c4ccccc4)c2)n3-c2ccccc2)cc1. The van der Waals surface area contributed by atoms with E-state index in [1.807, 2.05) is 6.20 Å². The molecule has 332 valence electrons. The van der Waals surface area contributed by atoms with Gasteiger partial charge in [0.15, 0.2) is 5.65 Å². The van der Waals surface area contributed by atoms with Gasteiger partial charge in [-0.1, -0.05) is 158 Å². The summed E-state index contributed by atoms with van der Waals surface area (Å²) in [7, 11) is 0. The van der Waals surface area contributed by atoms with Gasteiger partial charge in [0.05, 0.1) is 22.1 Å². The van der Waals surface area contributed by atoms with Crippen LogP contribution in [0.15, 0.2) is 261 Å². The second-order valence-corrected chi connectivity index (χ2v) is 18.2. The van der Waals surface area contributed by atoms with E-state index in [-0.39, 0.29) is 0 Å². The van der Waals surface area contributed by atoms with Crippen LogP contribution in [0.5, 0.6) is 0 Å². The molecule has 14 aromatic rings. The first-order valence-electron chi connectivity index (χ1n) is 24.1. The standard InChI is InChI=1S/C66H43N5/c1-5-19-44(20-6-1)53-27-13-14-28-54(53)57-37-38-67-66-64(57)68-65(71(66)52-25-11-4-12-26-52)49-40-47(45-33-35-62-58(42-45)55-29-15-17-31-60(55)69(62)50-21-7-2-8-22-50)39-48(41-49)46-34-36-63-59(43-46)56-30-16-18-32-61(56)70(63)51-23-9-3-10-24-51/h1-43H. The van der Waals surface area contributed by atoms with Crippen molar-refractivity contribution in [3.05, 3.63) is 261 Å². The van der Waals surface area contributed by atoms with Gasteiger partial charge in [-0.05, 0) is 136 Å². The van der Waals surface area contributed by atoms with Crippen LogP contribution >= 0.6 is 0 Å². The molecule has 4 heterocycles. The molecule has 0 aliphatic carbocycles. The zero-order valence-electron chi connectivity index (χ0n) is 38.6. The molecule has 0 bridgehead atoms. The molecule has 5 nitrogen and oxygen atoms in total. The van der Waals surface area contributed by atoms with Crippen molar-refractivity contribution in [3.63, 3.8) is 0 Å². The van der Waals surface area contributed by atoms with Crippen molar-refractivity contribution in [2.45, 2.75) is 0 Å². The van der Waals surface area contributed by atoms with Crippen LogP contribution in [-0.4, -0.2) is 23.7 Å². The van der Waals surface area contributed by atoms with Crippen LogP contribution in [0.4, 0.5) is 0 Å². The van der Waals surface area contributed by atoms with Gasteiger partial charge >= 0.3 is 0 Å². The van der Waals surface area contributed by atoms with Gasteiger partial charge in [-0.25, -0.2) is 9.97 Å². The van der Waals surface area contributed by atoms with Crippen LogP contribution in [0.3, 0.4) is 0 Å². The maximum absolute atomic E-state index is 5.69. The number of pyridine rings is 1. The van der Waals surface area contributed by atoms with E-state index in [1.165, 1.54) is 32.6 Å². The highest BCUT2D eigenvalue weighted by Gasteiger charge is 2.23. The van der Waals surface area contributed by atoms with Gasteiger partial charge in [0.1, 0.15) is 11.3 Å². The van der Waals surface area contributed by atoms with Crippen molar-refractivity contribution in [3.8, 4) is 73.0 Å². The molecule has 0 aliphatic heterocycles. The fourth-order valence-electron chi connectivity index (χ4n) is 10.9. The Balaban J connectivity index is 1.03. The summed E-state index contributed by atoms with van der Waals surface area (Å²) in [5, 5.41) is 4.83. The summed E-state index contributed by atoms with van der Waals surface area (Å²) in [5.41, 5.74) is 19.4. The first-order chi connectivity index (χ1) is 35.2. The summed E-state index contributed by atoms with van der Waals surface area (Å²) >= 11 is 0. The molecule has 0 spiro atoms. The third kappa shape index (κ3) is 6.70. The number of para-hydroxylation sites is 5. The molecule has 71 heavy (non-hydrogen) atoms. The Morgan fingerprint density at radius 1 is 0.268 bits per heavy atom. The lowest BCUT2D eigenvalue weighted by Crippen LogP contribution is -1.99. The summed E-state index contributed by atoms with van der Waals surface area (Å²) in [6.07, 6.45) is 1.93. The van der Waals surface area contributed by atoms with Gasteiger partial charge in [-0.3, -0.25) is 4.57 Å². The number of hydrogen-bond donors (Lipinski definition) is 0. The number of hydrogen-bond acceptors (Lipinski definition) is 2. The van der Waals surface area contributed by atoms with Crippen molar-refractivity contribution in [1.29, 1.82) is 0 Å². The number of fused-ring (bicyclic) bond motifs is 7. The number of nitrogens with zero attached hydrogens (tertiary/aromatic N) is 5. The molecule has 0 fully saturated rings. The van der Waals surface area contributed by atoms with Gasteiger partial charge in [-0.15, -0.1) is 0 Å². The third-order valence-corrected chi connectivity index (χ3v) is 14.1.